The highest BCUT2D eigenvalue weighted by Gasteiger charge is 2.17. The molecule has 2 heterocycles. The molecule has 0 spiro atoms. The molecule has 0 saturated heterocycles. The number of carbonyl (C=O) groups is 1. The number of aromatic amines is 1. The summed E-state index contributed by atoms with van der Waals surface area (Å²) in [5.41, 5.74) is 1.10. The molecule has 0 fully saturated rings. The van der Waals surface area contributed by atoms with Crippen molar-refractivity contribution in [1.29, 1.82) is 0 Å². The Labute approximate surface area is 93.3 Å². The summed E-state index contributed by atoms with van der Waals surface area (Å²) < 4.78 is 0. The van der Waals surface area contributed by atoms with Crippen molar-refractivity contribution >= 4 is 22.3 Å². The van der Waals surface area contributed by atoms with Crippen LogP contribution in [-0.4, -0.2) is 21.0 Å². The van der Waals surface area contributed by atoms with Crippen LogP contribution >= 0.6 is 11.3 Å². The number of nitrogens with zero attached hydrogens (tertiary/aromatic N) is 1. The van der Waals surface area contributed by atoms with Crippen molar-refractivity contribution < 1.29 is 14.8 Å². The van der Waals surface area contributed by atoms with Gasteiger partial charge in [-0.1, -0.05) is 11.3 Å². The largest absolute Gasteiger partial charge is 0.478 e. The summed E-state index contributed by atoms with van der Waals surface area (Å²) in [5.74, 6) is -1.06. The lowest BCUT2D eigenvalue weighted by Gasteiger charge is -1.94. The molecule has 0 amide bonds. The number of nitro groups is 1. The number of carboxylic acid groups (broad SMARTS) is 1. The van der Waals surface area contributed by atoms with E-state index in [2.05, 4.69) is 4.98 Å². The molecule has 0 aliphatic carbocycles. The van der Waals surface area contributed by atoms with Crippen molar-refractivity contribution in [2.45, 2.75) is 0 Å². The van der Waals surface area contributed by atoms with E-state index in [1.54, 1.807) is 5.38 Å². The predicted molar refractivity (Wildman–Crippen MR) is 57.7 cm³/mol. The van der Waals surface area contributed by atoms with Crippen molar-refractivity contribution in [3.63, 3.8) is 0 Å². The summed E-state index contributed by atoms with van der Waals surface area (Å²) in [4.78, 5) is 23.5. The Balaban J connectivity index is 2.46. The first-order valence-corrected chi connectivity index (χ1v) is 5.11. The van der Waals surface area contributed by atoms with Gasteiger partial charge in [-0.3, -0.25) is 10.1 Å². The zero-order chi connectivity index (χ0) is 11.7. The second-order valence-corrected chi connectivity index (χ2v) is 3.91. The normalized spacial score (nSPS) is 10.2. The molecule has 2 N–H and O–H groups in total. The van der Waals surface area contributed by atoms with Crippen molar-refractivity contribution in [3.05, 3.63) is 39.5 Å². The Hall–Kier alpha value is -2.15. The van der Waals surface area contributed by atoms with Crippen LogP contribution in [0.2, 0.25) is 0 Å². The Kier molecular flexibility index (Phi) is 2.45. The topological polar surface area (TPSA) is 96.2 Å². The fourth-order valence-electron chi connectivity index (χ4n) is 1.34. The lowest BCUT2D eigenvalue weighted by molar-refractivity contribution is -0.380. The van der Waals surface area contributed by atoms with E-state index >= 15 is 0 Å². The minimum atomic E-state index is -1.06. The average molecular weight is 238 g/mol. The van der Waals surface area contributed by atoms with Gasteiger partial charge in [0, 0.05) is 35.0 Å². The van der Waals surface area contributed by atoms with E-state index in [-0.39, 0.29) is 10.6 Å². The number of rotatable bonds is 3. The Morgan fingerprint density at radius 2 is 2.25 bits per heavy atom. The van der Waals surface area contributed by atoms with Gasteiger partial charge in [0.15, 0.2) is 0 Å². The third-order valence-electron chi connectivity index (χ3n) is 2.05. The maximum absolute atomic E-state index is 10.8. The maximum atomic E-state index is 10.8. The van der Waals surface area contributed by atoms with Crippen molar-refractivity contribution in [2.75, 3.05) is 0 Å². The highest BCUT2D eigenvalue weighted by molar-refractivity contribution is 7.13. The van der Waals surface area contributed by atoms with Crippen molar-refractivity contribution in [1.82, 2.24) is 4.98 Å². The van der Waals surface area contributed by atoms with Crippen LogP contribution in [0.1, 0.15) is 10.4 Å². The zero-order valence-corrected chi connectivity index (χ0v) is 8.65. The van der Waals surface area contributed by atoms with Gasteiger partial charge in [0.05, 0.1) is 10.5 Å². The van der Waals surface area contributed by atoms with Crippen LogP contribution < -0.4 is 0 Å². The number of hydrogen-bond acceptors (Lipinski definition) is 4. The number of aromatic nitrogens is 1. The molecule has 82 valence electrons. The number of nitrogens with one attached hydrogen (secondary N) is 1. The molecule has 0 unspecified atom stereocenters. The summed E-state index contributed by atoms with van der Waals surface area (Å²) in [6, 6.07) is 1.36. The molecule has 0 radical (unpaired) electrons. The van der Waals surface area contributed by atoms with Crippen molar-refractivity contribution in [3.8, 4) is 11.1 Å². The Morgan fingerprint density at radius 1 is 1.50 bits per heavy atom. The van der Waals surface area contributed by atoms with Gasteiger partial charge >= 0.3 is 11.0 Å². The molecule has 0 aromatic carbocycles. The summed E-state index contributed by atoms with van der Waals surface area (Å²) in [5, 5.41) is 20.9. The predicted octanol–water partition coefficient (Wildman–Crippen LogP) is 2.35. The molecule has 6 nitrogen and oxygen atoms in total. The van der Waals surface area contributed by atoms with Gasteiger partial charge < -0.3 is 10.1 Å². The second kappa shape index (κ2) is 3.78. The van der Waals surface area contributed by atoms with Crippen LogP contribution in [-0.2, 0) is 0 Å². The smallest absolute Gasteiger partial charge is 0.337 e. The highest BCUT2D eigenvalue weighted by Crippen LogP contribution is 2.32. The molecule has 0 atom stereocenters. The molecule has 2 aromatic heterocycles. The van der Waals surface area contributed by atoms with Crippen molar-refractivity contribution in [2.24, 2.45) is 0 Å². The van der Waals surface area contributed by atoms with Gasteiger partial charge in [-0.25, -0.2) is 4.79 Å². The summed E-state index contributed by atoms with van der Waals surface area (Å²) in [7, 11) is 0. The zero-order valence-electron chi connectivity index (χ0n) is 7.84. The highest BCUT2D eigenvalue weighted by atomic mass is 32.1. The molecule has 2 rings (SSSR count). The summed E-state index contributed by atoms with van der Waals surface area (Å²) >= 11 is 0.970. The summed E-state index contributed by atoms with van der Waals surface area (Å²) in [6.45, 7) is 0. The van der Waals surface area contributed by atoms with Crippen LogP contribution in [0.5, 0.6) is 0 Å². The lowest BCUT2D eigenvalue weighted by Crippen LogP contribution is -1.95. The van der Waals surface area contributed by atoms with E-state index in [0.29, 0.717) is 11.1 Å². The monoisotopic (exact) mass is 238 g/mol. The standard InChI is InChI=1S/C9H6N2O4S/c12-9(13)7-3-10-2-6(7)5-1-8(11(14)15)16-4-5/h1-4,10H,(H,12,13). The molecule has 16 heavy (non-hydrogen) atoms. The number of thiophene rings is 1. The van der Waals surface area contributed by atoms with Crippen LogP contribution in [0, 0.1) is 10.1 Å². The SMILES string of the molecule is O=C(O)c1c[nH]cc1-c1csc([N+](=O)[O-])c1. The third kappa shape index (κ3) is 1.68. The number of hydrogen-bond donors (Lipinski definition) is 2. The summed E-state index contributed by atoms with van der Waals surface area (Å²) in [6.07, 6.45) is 2.86. The molecular formula is C9H6N2O4S. The van der Waals surface area contributed by atoms with Gasteiger partial charge in [0.2, 0.25) is 0 Å². The van der Waals surface area contributed by atoms with Crippen LogP contribution in [0.3, 0.4) is 0 Å². The lowest BCUT2D eigenvalue weighted by atomic mass is 10.1. The van der Waals surface area contributed by atoms with Crippen LogP contribution in [0.4, 0.5) is 5.00 Å². The minimum absolute atomic E-state index is 0.00691. The first-order chi connectivity index (χ1) is 7.59. The molecule has 0 aliphatic heterocycles. The fraction of sp³-hybridized carbons (Fsp3) is 0. The number of H-pyrrole nitrogens is 1. The van der Waals surface area contributed by atoms with E-state index in [1.165, 1.54) is 18.5 Å². The number of carboxylic acids is 1. The third-order valence-corrected chi connectivity index (χ3v) is 2.93. The van der Waals surface area contributed by atoms with E-state index in [4.69, 9.17) is 5.11 Å². The van der Waals surface area contributed by atoms with Crippen LogP contribution in [0.15, 0.2) is 23.8 Å². The molecular weight excluding hydrogens is 232 g/mol. The fourth-order valence-corrected chi connectivity index (χ4v) is 2.07. The van der Waals surface area contributed by atoms with Gasteiger partial charge in [-0.05, 0) is 0 Å². The van der Waals surface area contributed by atoms with E-state index in [0.717, 1.165) is 11.3 Å². The quantitative estimate of drug-likeness (QED) is 0.633. The van der Waals surface area contributed by atoms with Gasteiger partial charge in [-0.15, -0.1) is 0 Å². The van der Waals surface area contributed by atoms with E-state index in [1.807, 2.05) is 0 Å². The van der Waals surface area contributed by atoms with Gasteiger partial charge in [-0.2, -0.15) is 0 Å². The first-order valence-electron chi connectivity index (χ1n) is 4.23. The minimum Gasteiger partial charge on any atom is -0.478 e. The number of aromatic carboxylic acids is 1. The Bertz CT molecular complexity index is 557. The molecule has 7 heteroatoms. The molecule has 2 aromatic rings. The van der Waals surface area contributed by atoms with E-state index in [9.17, 15) is 14.9 Å². The van der Waals surface area contributed by atoms with Crippen LogP contribution in [0.25, 0.3) is 11.1 Å². The average Bonchev–Trinajstić information content (AvgIpc) is 2.86. The Morgan fingerprint density at radius 3 is 2.81 bits per heavy atom. The second-order valence-electron chi connectivity index (χ2n) is 3.02. The molecule has 0 bridgehead atoms. The first kappa shape index (κ1) is 10.4. The van der Waals surface area contributed by atoms with Gasteiger partial charge in [0.25, 0.3) is 0 Å². The maximum Gasteiger partial charge on any atom is 0.337 e. The van der Waals surface area contributed by atoms with Gasteiger partial charge in [0.1, 0.15) is 0 Å². The molecule has 0 saturated carbocycles. The molecule has 0 aliphatic rings. The van der Waals surface area contributed by atoms with E-state index < -0.39 is 10.9 Å².